The second kappa shape index (κ2) is 6.22. The van der Waals surface area contributed by atoms with Crippen LogP contribution in [0.3, 0.4) is 0 Å². The second-order valence-corrected chi connectivity index (χ2v) is 5.06. The van der Waals surface area contributed by atoms with Crippen molar-refractivity contribution < 1.29 is 9.59 Å². The molecule has 2 aromatic rings. The highest BCUT2D eigenvalue weighted by Crippen LogP contribution is 2.12. The molecule has 3 N–H and O–H groups in total. The van der Waals surface area contributed by atoms with Gasteiger partial charge < -0.3 is 5.73 Å². The minimum absolute atomic E-state index is 0.307. The summed E-state index contributed by atoms with van der Waals surface area (Å²) in [7, 11) is 0. The predicted octanol–water partition coefficient (Wildman–Crippen LogP) is 2.48. The first-order valence-electron chi connectivity index (χ1n) is 6.76. The van der Waals surface area contributed by atoms with Crippen LogP contribution in [0.4, 0.5) is 0 Å². The van der Waals surface area contributed by atoms with Crippen LogP contribution in [0.15, 0.2) is 48.5 Å². The molecule has 2 rings (SSSR count). The van der Waals surface area contributed by atoms with E-state index in [1.165, 1.54) is 0 Å². The van der Waals surface area contributed by atoms with Gasteiger partial charge >= 0.3 is 0 Å². The largest absolute Gasteiger partial charge is 0.369 e. The summed E-state index contributed by atoms with van der Waals surface area (Å²) in [5.74, 6) is -1.83. The molecule has 112 valence electrons. The first-order valence-corrected chi connectivity index (χ1v) is 6.76. The molecule has 0 unspecified atom stereocenters. The number of hydrogen-bond acceptors (Lipinski definition) is 3. The summed E-state index contributed by atoms with van der Waals surface area (Å²) in [5, 5.41) is 7.56. The molecule has 0 aliphatic carbocycles. The molecule has 22 heavy (non-hydrogen) atoms. The smallest absolute Gasteiger partial charge is 0.267 e. The van der Waals surface area contributed by atoms with Crippen molar-refractivity contribution in [1.29, 1.82) is 5.41 Å². The van der Waals surface area contributed by atoms with Crippen molar-refractivity contribution in [3.8, 4) is 0 Å². The molecule has 2 amide bonds. The summed E-state index contributed by atoms with van der Waals surface area (Å²) in [6.07, 6.45) is 0. The van der Waals surface area contributed by atoms with Gasteiger partial charge in [-0.05, 0) is 38.1 Å². The molecule has 0 bridgehead atoms. The number of nitrogens with two attached hydrogens (primary N) is 1. The second-order valence-electron chi connectivity index (χ2n) is 5.06. The van der Waals surface area contributed by atoms with E-state index in [2.05, 4.69) is 0 Å². The van der Waals surface area contributed by atoms with Gasteiger partial charge in [0, 0.05) is 11.1 Å². The lowest BCUT2D eigenvalue weighted by Crippen LogP contribution is -2.45. The molecule has 0 spiro atoms. The first kappa shape index (κ1) is 15.4. The lowest BCUT2D eigenvalue weighted by Gasteiger charge is -2.19. The maximum atomic E-state index is 12.5. The standard InChI is InChI=1S/C17H17N3O2/c1-11-3-7-13(8-4-11)15(21)20(17(18)19)16(22)14-9-5-12(2)6-10-14/h3-10H,1-2H3,(H3,18,19). The van der Waals surface area contributed by atoms with Gasteiger partial charge in [0.25, 0.3) is 11.8 Å². The molecular formula is C17H17N3O2. The number of hydrogen-bond donors (Lipinski definition) is 2. The van der Waals surface area contributed by atoms with Crippen molar-refractivity contribution in [2.24, 2.45) is 5.73 Å². The molecule has 0 atom stereocenters. The Kier molecular flexibility index (Phi) is 4.36. The molecule has 0 saturated heterocycles. The maximum Gasteiger partial charge on any atom is 0.267 e. The van der Waals surface area contributed by atoms with Crippen LogP contribution in [0.1, 0.15) is 31.8 Å². The number of guanidine groups is 1. The lowest BCUT2D eigenvalue weighted by atomic mass is 10.1. The SMILES string of the molecule is Cc1ccc(C(=O)N(C(=N)N)C(=O)c2ccc(C)cc2)cc1. The van der Waals surface area contributed by atoms with Crippen LogP contribution in [0.25, 0.3) is 0 Å². The third kappa shape index (κ3) is 3.20. The number of imide groups is 1. The number of nitrogens with one attached hydrogen (secondary N) is 1. The molecule has 0 saturated carbocycles. The minimum atomic E-state index is -0.613. The van der Waals surface area contributed by atoms with Crippen molar-refractivity contribution in [1.82, 2.24) is 4.90 Å². The van der Waals surface area contributed by atoms with Gasteiger partial charge in [-0.1, -0.05) is 35.4 Å². The van der Waals surface area contributed by atoms with Gasteiger partial charge in [-0.2, -0.15) is 0 Å². The van der Waals surface area contributed by atoms with Crippen molar-refractivity contribution in [3.05, 3.63) is 70.8 Å². The zero-order valence-corrected chi connectivity index (χ0v) is 12.5. The summed E-state index contributed by atoms with van der Waals surface area (Å²) in [5.41, 5.74) is 8.05. The van der Waals surface area contributed by atoms with Crippen molar-refractivity contribution in [2.75, 3.05) is 0 Å². The Labute approximate surface area is 128 Å². The van der Waals surface area contributed by atoms with Gasteiger partial charge in [-0.3, -0.25) is 15.0 Å². The highest BCUT2D eigenvalue weighted by Gasteiger charge is 2.26. The van der Waals surface area contributed by atoms with Gasteiger partial charge in [0.05, 0.1) is 0 Å². The topological polar surface area (TPSA) is 87.2 Å². The molecule has 0 radical (unpaired) electrons. The quantitative estimate of drug-likeness (QED) is 0.507. The highest BCUT2D eigenvalue weighted by molar-refractivity contribution is 6.20. The minimum Gasteiger partial charge on any atom is -0.369 e. The van der Waals surface area contributed by atoms with Crippen LogP contribution in [-0.4, -0.2) is 22.7 Å². The fraction of sp³-hybridized carbons (Fsp3) is 0.118. The molecule has 5 heteroatoms. The third-order valence-corrected chi connectivity index (χ3v) is 3.24. The molecule has 0 aliphatic heterocycles. The number of rotatable bonds is 2. The monoisotopic (exact) mass is 295 g/mol. The van der Waals surface area contributed by atoms with Crippen LogP contribution in [0.5, 0.6) is 0 Å². The van der Waals surface area contributed by atoms with Crippen molar-refractivity contribution >= 4 is 17.8 Å². The molecular weight excluding hydrogens is 278 g/mol. The van der Waals surface area contributed by atoms with E-state index in [4.69, 9.17) is 11.1 Å². The van der Waals surface area contributed by atoms with Crippen molar-refractivity contribution in [2.45, 2.75) is 13.8 Å². The number of aryl methyl sites for hydroxylation is 2. The Morgan fingerprint density at radius 1 is 0.818 bits per heavy atom. The fourth-order valence-electron chi connectivity index (χ4n) is 1.96. The Morgan fingerprint density at radius 2 is 1.14 bits per heavy atom. The maximum absolute atomic E-state index is 12.5. The van der Waals surface area contributed by atoms with E-state index < -0.39 is 17.8 Å². The summed E-state index contributed by atoms with van der Waals surface area (Å²) in [4.78, 5) is 25.6. The third-order valence-electron chi connectivity index (χ3n) is 3.24. The van der Waals surface area contributed by atoms with Gasteiger partial charge in [0.2, 0.25) is 5.96 Å². The lowest BCUT2D eigenvalue weighted by molar-refractivity contribution is 0.0711. The fourth-order valence-corrected chi connectivity index (χ4v) is 1.96. The zero-order chi connectivity index (χ0) is 16.3. The number of nitrogens with zero attached hydrogens (tertiary/aromatic N) is 1. The van der Waals surface area contributed by atoms with Crippen molar-refractivity contribution in [3.63, 3.8) is 0 Å². The summed E-state index contributed by atoms with van der Waals surface area (Å²) in [6.45, 7) is 3.79. The Balaban J connectivity index is 2.35. The van der Waals surface area contributed by atoms with E-state index in [9.17, 15) is 9.59 Å². The Bertz CT molecular complexity index is 661. The molecule has 0 aromatic heterocycles. The van der Waals surface area contributed by atoms with E-state index in [1.807, 2.05) is 13.8 Å². The van der Waals surface area contributed by atoms with Gasteiger partial charge in [0.15, 0.2) is 0 Å². The summed E-state index contributed by atoms with van der Waals surface area (Å²) in [6, 6.07) is 13.5. The van der Waals surface area contributed by atoms with Crippen LogP contribution in [0, 0.1) is 19.3 Å². The van der Waals surface area contributed by atoms with E-state index in [1.54, 1.807) is 48.5 Å². The zero-order valence-electron chi connectivity index (χ0n) is 12.5. The first-order chi connectivity index (χ1) is 10.4. The van der Waals surface area contributed by atoms with Gasteiger partial charge in [-0.15, -0.1) is 0 Å². The number of amides is 2. The van der Waals surface area contributed by atoms with E-state index in [-0.39, 0.29) is 0 Å². The van der Waals surface area contributed by atoms with Crippen LogP contribution in [0.2, 0.25) is 0 Å². The predicted molar refractivity (Wildman–Crippen MR) is 84.8 cm³/mol. The van der Waals surface area contributed by atoms with E-state index in [0.29, 0.717) is 16.0 Å². The molecule has 5 nitrogen and oxygen atoms in total. The number of carbonyl (C=O) groups is 2. The van der Waals surface area contributed by atoms with Crippen LogP contribution < -0.4 is 5.73 Å². The summed E-state index contributed by atoms with van der Waals surface area (Å²) < 4.78 is 0. The molecule has 0 aliphatic rings. The average molecular weight is 295 g/mol. The van der Waals surface area contributed by atoms with Crippen LogP contribution >= 0.6 is 0 Å². The molecule has 0 fully saturated rings. The number of benzene rings is 2. The van der Waals surface area contributed by atoms with Gasteiger partial charge in [-0.25, -0.2) is 4.90 Å². The van der Waals surface area contributed by atoms with E-state index in [0.717, 1.165) is 11.1 Å². The molecule has 2 aromatic carbocycles. The molecule has 0 heterocycles. The van der Waals surface area contributed by atoms with Crippen LogP contribution in [-0.2, 0) is 0 Å². The normalized spacial score (nSPS) is 10.1. The van der Waals surface area contributed by atoms with E-state index >= 15 is 0 Å². The Hall–Kier alpha value is -2.95. The summed E-state index contributed by atoms with van der Waals surface area (Å²) >= 11 is 0. The van der Waals surface area contributed by atoms with Gasteiger partial charge in [0.1, 0.15) is 0 Å². The average Bonchev–Trinajstić information content (AvgIpc) is 2.48. The number of carbonyl (C=O) groups excluding carboxylic acids is 2. The highest BCUT2D eigenvalue weighted by atomic mass is 16.2. The Morgan fingerprint density at radius 3 is 1.41 bits per heavy atom.